The first-order valence-electron chi connectivity index (χ1n) is 7.29. The van der Waals surface area contributed by atoms with Gasteiger partial charge in [0.05, 0.1) is 6.61 Å². The van der Waals surface area contributed by atoms with E-state index in [1.54, 1.807) is 0 Å². The van der Waals surface area contributed by atoms with Crippen molar-refractivity contribution in [2.45, 2.75) is 52.5 Å². The molecule has 0 bridgehead atoms. The third-order valence-corrected chi connectivity index (χ3v) is 3.02. The van der Waals surface area contributed by atoms with Crippen molar-refractivity contribution in [1.82, 2.24) is 5.32 Å². The zero-order valence-electron chi connectivity index (χ0n) is 11.9. The topological polar surface area (TPSA) is 21.3 Å². The largest absolute Gasteiger partial charge is 0.494 e. The van der Waals surface area contributed by atoms with Gasteiger partial charge in [-0.05, 0) is 37.6 Å². The average molecular weight is 249 g/mol. The zero-order chi connectivity index (χ0) is 13.1. The molecule has 0 aliphatic heterocycles. The molecule has 0 fully saturated rings. The van der Waals surface area contributed by atoms with Crippen molar-refractivity contribution >= 4 is 0 Å². The molecule has 0 saturated heterocycles. The fourth-order valence-corrected chi connectivity index (χ4v) is 1.96. The first kappa shape index (κ1) is 15.0. The highest BCUT2D eigenvalue weighted by Gasteiger charge is 1.95. The molecule has 0 unspecified atom stereocenters. The molecule has 0 aromatic heterocycles. The van der Waals surface area contributed by atoms with Crippen LogP contribution in [-0.4, -0.2) is 13.2 Å². The van der Waals surface area contributed by atoms with E-state index in [1.807, 2.05) is 19.1 Å². The molecule has 1 aromatic rings. The lowest BCUT2D eigenvalue weighted by molar-refractivity contribution is 0.340. The van der Waals surface area contributed by atoms with Crippen LogP contribution in [0.4, 0.5) is 0 Å². The van der Waals surface area contributed by atoms with E-state index in [2.05, 4.69) is 24.4 Å². The van der Waals surface area contributed by atoms with Gasteiger partial charge in [0, 0.05) is 6.54 Å². The van der Waals surface area contributed by atoms with E-state index in [0.717, 1.165) is 25.4 Å². The minimum atomic E-state index is 0.732. The summed E-state index contributed by atoms with van der Waals surface area (Å²) < 4.78 is 5.42. The van der Waals surface area contributed by atoms with Gasteiger partial charge in [-0.1, -0.05) is 44.7 Å². The minimum Gasteiger partial charge on any atom is -0.494 e. The number of ether oxygens (including phenoxy) is 1. The lowest BCUT2D eigenvalue weighted by Gasteiger charge is -2.06. The van der Waals surface area contributed by atoms with Crippen LogP contribution in [0.5, 0.6) is 5.75 Å². The van der Waals surface area contributed by atoms with Crippen LogP contribution < -0.4 is 10.1 Å². The van der Waals surface area contributed by atoms with Gasteiger partial charge in [0.2, 0.25) is 0 Å². The van der Waals surface area contributed by atoms with E-state index in [-0.39, 0.29) is 0 Å². The van der Waals surface area contributed by atoms with E-state index < -0.39 is 0 Å². The first-order chi connectivity index (χ1) is 8.86. The van der Waals surface area contributed by atoms with Gasteiger partial charge in [0.15, 0.2) is 0 Å². The summed E-state index contributed by atoms with van der Waals surface area (Å²) >= 11 is 0. The van der Waals surface area contributed by atoms with E-state index in [4.69, 9.17) is 4.74 Å². The Labute approximate surface area is 112 Å². The highest BCUT2D eigenvalue weighted by atomic mass is 16.5. The van der Waals surface area contributed by atoms with Crippen LogP contribution in [0.1, 0.15) is 51.5 Å². The molecular weight excluding hydrogens is 222 g/mol. The zero-order valence-corrected chi connectivity index (χ0v) is 11.9. The SMILES string of the molecule is CCCCCCCNCc1ccc(OCC)cc1. The Kier molecular flexibility index (Phi) is 8.32. The van der Waals surface area contributed by atoms with Crippen molar-refractivity contribution in [2.75, 3.05) is 13.2 Å². The molecular formula is C16H27NO. The summed E-state index contributed by atoms with van der Waals surface area (Å²) in [6.45, 7) is 7.07. The Hall–Kier alpha value is -1.02. The highest BCUT2D eigenvalue weighted by molar-refractivity contribution is 5.27. The molecule has 2 nitrogen and oxygen atoms in total. The second kappa shape index (κ2) is 9.95. The van der Waals surface area contributed by atoms with Crippen molar-refractivity contribution in [2.24, 2.45) is 0 Å². The predicted molar refractivity (Wildman–Crippen MR) is 78.1 cm³/mol. The Morgan fingerprint density at radius 1 is 0.944 bits per heavy atom. The highest BCUT2D eigenvalue weighted by Crippen LogP contribution is 2.11. The maximum atomic E-state index is 5.42. The van der Waals surface area contributed by atoms with E-state index in [9.17, 15) is 0 Å². The third-order valence-electron chi connectivity index (χ3n) is 3.02. The minimum absolute atomic E-state index is 0.732. The number of unbranched alkanes of at least 4 members (excludes halogenated alkanes) is 4. The lowest BCUT2D eigenvalue weighted by atomic mass is 10.1. The van der Waals surface area contributed by atoms with Gasteiger partial charge in [-0.2, -0.15) is 0 Å². The normalized spacial score (nSPS) is 10.6. The van der Waals surface area contributed by atoms with Gasteiger partial charge in [-0.25, -0.2) is 0 Å². The van der Waals surface area contributed by atoms with Crippen LogP contribution in [0, 0.1) is 0 Å². The molecule has 102 valence electrons. The van der Waals surface area contributed by atoms with Gasteiger partial charge in [0.25, 0.3) is 0 Å². The Morgan fingerprint density at radius 2 is 1.67 bits per heavy atom. The summed E-state index contributed by atoms with van der Waals surface area (Å²) in [6.07, 6.45) is 6.71. The molecule has 2 heteroatoms. The van der Waals surface area contributed by atoms with Gasteiger partial charge in [-0.3, -0.25) is 0 Å². The van der Waals surface area contributed by atoms with E-state index in [1.165, 1.54) is 37.7 Å². The van der Waals surface area contributed by atoms with Crippen LogP contribution in [-0.2, 0) is 6.54 Å². The van der Waals surface area contributed by atoms with Gasteiger partial charge in [-0.15, -0.1) is 0 Å². The average Bonchev–Trinajstić information content (AvgIpc) is 2.40. The van der Waals surface area contributed by atoms with Gasteiger partial charge >= 0.3 is 0 Å². The molecule has 0 heterocycles. The molecule has 0 aliphatic carbocycles. The van der Waals surface area contributed by atoms with Crippen LogP contribution in [0.25, 0.3) is 0 Å². The standard InChI is InChI=1S/C16H27NO/c1-3-5-6-7-8-13-17-14-15-9-11-16(12-10-15)18-4-2/h9-12,17H,3-8,13-14H2,1-2H3. The molecule has 0 atom stereocenters. The quantitative estimate of drug-likeness (QED) is 0.629. The number of hydrogen-bond donors (Lipinski definition) is 1. The van der Waals surface area contributed by atoms with Crippen LogP contribution >= 0.6 is 0 Å². The summed E-state index contributed by atoms with van der Waals surface area (Å²) in [7, 11) is 0. The Bertz CT molecular complexity index is 294. The number of rotatable bonds is 10. The first-order valence-corrected chi connectivity index (χ1v) is 7.29. The van der Waals surface area contributed by atoms with Gasteiger partial charge in [0.1, 0.15) is 5.75 Å². The molecule has 1 rings (SSSR count). The summed E-state index contributed by atoms with van der Waals surface area (Å²) in [5.74, 6) is 0.959. The molecule has 0 amide bonds. The molecule has 0 radical (unpaired) electrons. The van der Waals surface area contributed by atoms with Crippen LogP contribution in [0.3, 0.4) is 0 Å². The summed E-state index contributed by atoms with van der Waals surface area (Å²) in [6, 6.07) is 8.35. The van der Waals surface area contributed by atoms with Crippen molar-refractivity contribution in [3.63, 3.8) is 0 Å². The van der Waals surface area contributed by atoms with Crippen LogP contribution in [0.2, 0.25) is 0 Å². The molecule has 0 spiro atoms. The fourth-order valence-electron chi connectivity index (χ4n) is 1.96. The maximum absolute atomic E-state index is 5.42. The second-order valence-corrected chi connectivity index (χ2v) is 4.67. The third kappa shape index (κ3) is 6.65. The summed E-state index contributed by atoms with van der Waals surface area (Å²) in [5, 5.41) is 3.49. The number of benzene rings is 1. The summed E-state index contributed by atoms with van der Waals surface area (Å²) in [4.78, 5) is 0. The van der Waals surface area contributed by atoms with E-state index in [0.29, 0.717) is 0 Å². The number of nitrogens with one attached hydrogen (secondary N) is 1. The summed E-state index contributed by atoms with van der Waals surface area (Å²) in [5.41, 5.74) is 1.33. The van der Waals surface area contributed by atoms with Gasteiger partial charge < -0.3 is 10.1 Å². The second-order valence-electron chi connectivity index (χ2n) is 4.67. The Balaban J connectivity index is 2.08. The molecule has 1 N–H and O–H groups in total. The van der Waals surface area contributed by atoms with Crippen molar-refractivity contribution in [1.29, 1.82) is 0 Å². The maximum Gasteiger partial charge on any atom is 0.119 e. The fraction of sp³-hybridized carbons (Fsp3) is 0.625. The monoisotopic (exact) mass is 249 g/mol. The van der Waals surface area contributed by atoms with Crippen molar-refractivity contribution in [3.8, 4) is 5.75 Å². The lowest BCUT2D eigenvalue weighted by Crippen LogP contribution is -2.14. The predicted octanol–water partition coefficient (Wildman–Crippen LogP) is 4.15. The molecule has 18 heavy (non-hydrogen) atoms. The molecule has 0 saturated carbocycles. The number of hydrogen-bond acceptors (Lipinski definition) is 2. The molecule has 1 aromatic carbocycles. The Morgan fingerprint density at radius 3 is 2.33 bits per heavy atom. The van der Waals surface area contributed by atoms with E-state index >= 15 is 0 Å². The van der Waals surface area contributed by atoms with Crippen molar-refractivity contribution < 1.29 is 4.74 Å². The molecule has 0 aliphatic rings. The van der Waals surface area contributed by atoms with Crippen molar-refractivity contribution in [3.05, 3.63) is 29.8 Å². The van der Waals surface area contributed by atoms with Crippen LogP contribution in [0.15, 0.2) is 24.3 Å². The smallest absolute Gasteiger partial charge is 0.119 e.